The van der Waals surface area contributed by atoms with Crippen LogP contribution in [0, 0.1) is 10.1 Å². The maximum Gasteiger partial charge on any atom is 0.331 e. The third kappa shape index (κ3) is 3.67. The number of aromatic nitrogens is 1. The van der Waals surface area contributed by atoms with Crippen molar-refractivity contribution in [2.24, 2.45) is 0 Å². The minimum Gasteiger partial charge on any atom is -0.476 e. The van der Waals surface area contributed by atoms with Crippen LogP contribution in [-0.2, 0) is 4.79 Å². The summed E-state index contributed by atoms with van der Waals surface area (Å²) in [6.45, 7) is 0.195. The summed E-state index contributed by atoms with van der Waals surface area (Å²) in [6, 6.07) is 2.59. The van der Waals surface area contributed by atoms with Crippen molar-refractivity contribution in [1.29, 1.82) is 0 Å². The van der Waals surface area contributed by atoms with Gasteiger partial charge in [-0.05, 0) is 20.2 Å². The minimum absolute atomic E-state index is 0.136. The number of nitrogens with zero attached hydrogens (tertiary/aromatic N) is 3. The molecular weight excluding hydrogens is 240 g/mol. The van der Waals surface area contributed by atoms with Gasteiger partial charge in [-0.15, -0.1) is 0 Å². The second-order valence-electron chi connectivity index (χ2n) is 3.77. The Labute approximate surface area is 104 Å². The fourth-order valence-corrected chi connectivity index (χ4v) is 1.26. The molecule has 0 unspecified atom stereocenters. The van der Waals surface area contributed by atoms with Crippen LogP contribution in [0.1, 0.15) is 0 Å². The fraction of sp³-hybridized carbons (Fsp3) is 0.400. The molecule has 1 amide bonds. The molecule has 0 aromatic carbocycles. The molecule has 0 saturated carbocycles. The van der Waals surface area contributed by atoms with Crippen LogP contribution in [-0.4, -0.2) is 48.5 Å². The first-order valence-corrected chi connectivity index (χ1v) is 5.08. The number of carbonyl (C=O) groups is 1. The normalized spacial score (nSPS) is 10.2. The van der Waals surface area contributed by atoms with E-state index in [-0.39, 0.29) is 29.8 Å². The lowest BCUT2D eigenvalue weighted by molar-refractivity contribution is -0.386. The first kappa shape index (κ1) is 13.8. The van der Waals surface area contributed by atoms with Gasteiger partial charge >= 0.3 is 5.69 Å². The summed E-state index contributed by atoms with van der Waals surface area (Å²) in [5, 5.41) is 13.2. The van der Waals surface area contributed by atoms with E-state index in [1.165, 1.54) is 19.2 Å². The number of likely N-dealkylation sites (N-methyl/N-ethyl adjacent to an activating group) is 1. The third-order valence-electron chi connectivity index (χ3n) is 1.96. The SMILES string of the molecule is COc1nc(NC(=O)CN(C)C)ccc1[N+](=O)[O-]. The number of rotatable bonds is 5. The van der Waals surface area contributed by atoms with Crippen molar-refractivity contribution in [3.8, 4) is 5.88 Å². The van der Waals surface area contributed by atoms with Crippen molar-refractivity contribution in [2.45, 2.75) is 0 Å². The summed E-state index contributed by atoms with van der Waals surface area (Å²) >= 11 is 0. The van der Waals surface area contributed by atoms with E-state index in [0.29, 0.717) is 0 Å². The summed E-state index contributed by atoms with van der Waals surface area (Å²) in [7, 11) is 4.79. The van der Waals surface area contributed by atoms with Crippen LogP contribution in [0.25, 0.3) is 0 Å². The molecule has 1 heterocycles. The van der Waals surface area contributed by atoms with Crippen LogP contribution < -0.4 is 10.1 Å². The molecule has 0 bridgehead atoms. The van der Waals surface area contributed by atoms with Gasteiger partial charge in [-0.2, -0.15) is 4.98 Å². The molecule has 0 spiro atoms. The summed E-state index contributed by atoms with van der Waals surface area (Å²) in [6.07, 6.45) is 0. The highest BCUT2D eigenvalue weighted by molar-refractivity contribution is 5.91. The number of nitro groups is 1. The molecule has 1 aromatic heterocycles. The molecular formula is C10H14N4O4. The van der Waals surface area contributed by atoms with Crippen LogP contribution in [0.3, 0.4) is 0 Å². The van der Waals surface area contributed by atoms with E-state index >= 15 is 0 Å². The van der Waals surface area contributed by atoms with Gasteiger partial charge in [0.25, 0.3) is 5.88 Å². The molecule has 0 aliphatic carbocycles. The molecule has 0 radical (unpaired) electrons. The molecule has 8 nitrogen and oxygen atoms in total. The molecule has 1 rings (SSSR count). The van der Waals surface area contributed by atoms with Crippen LogP contribution in [0.15, 0.2) is 12.1 Å². The predicted molar refractivity (Wildman–Crippen MR) is 64.6 cm³/mol. The topological polar surface area (TPSA) is 97.6 Å². The van der Waals surface area contributed by atoms with Crippen molar-refractivity contribution in [3.63, 3.8) is 0 Å². The molecule has 1 aromatic rings. The molecule has 18 heavy (non-hydrogen) atoms. The number of carbonyl (C=O) groups excluding carboxylic acids is 1. The van der Waals surface area contributed by atoms with E-state index in [1.54, 1.807) is 19.0 Å². The number of methoxy groups -OCH3 is 1. The predicted octanol–water partition coefficient (Wildman–Crippen LogP) is 0.498. The lowest BCUT2D eigenvalue weighted by Crippen LogP contribution is -2.27. The van der Waals surface area contributed by atoms with E-state index in [1.807, 2.05) is 0 Å². The Kier molecular flexibility index (Phi) is 4.55. The molecule has 0 atom stereocenters. The summed E-state index contributed by atoms with van der Waals surface area (Å²) < 4.78 is 4.80. The molecule has 0 aliphatic rings. The summed E-state index contributed by atoms with van der Waals surface area (Å²) in [5.41, 5.74) is -0.247. The van der Waals surface area contributed by atoms with E-state index in [0.717, 1.165) is 0 Å². The van der Waals surface area contributed by atoms with Gasteiger partial charge in [-0.3, -0.25) is 14.9 Å². The Balaban J connectivity index is 2.86. The second-order valence-corrected chi connectivity index (χ2v) is 3.77. The van der Waals surface area contributed by atoms with Crippen LogP contribution in [0.4, 0.5) is 11.5 Å². The van der Waals surface area contributed by atoms with E-state index in [2.05, 4.69) is 10.3 Å². The number of ether oxygens (including phenoxy) is 1. The lowest BCUT2D eigenvalue weighted by Gasteiger charge is -2.10. The molecule has 8 heteroatoms. The zero-order chi connectivity index (χ0) is 13.7. The maximum absolute atomic E-state index is 11.5. The van der Waals surface area contributed by atoms with Crippen molar-refractivity contribution < 1.29 is 14.5 Å². The van der Waals surface area contributed by atoms with E-state index in [4.69, 9.17) is 4.74 Å². The first-order chi connectivity index (χ1) is 8.43. The van der Waals surface area contributed by atoms with E-state index < -0.39 is 4.92 Å². The molecule has 1 N–H and O–H groups in total. The largest absolute Gasteiger partial charge is 0.476 e. The van der Waals surface area contributed by atoms with Gasteiger partial charge in [0.2, 0.25) is 5.91 Å². The van der Waals surface area contributed by atoms with Gasteiger partial charge in [-0.25, -0.2) is 0 Å². The van der Waals surface area contributed by atoms with Gasteiger partial charge < -0.3 is 15.0 Å². The fourth-order valence-electron chi connectivity index (χ4n) is 1.26. The highest BCUT2D eigenvalue weighted by Crippen LogP contribution is 2.25. The number of amides is 1. The second kappa shape index (κ2) is 5.92. The standard InChI is InChI=1S/C10H14N4O4/c1-13(2)6-9(15)11-8-5-4-7(14(16)17)10(12-8)18-3/h4-5H,6H2,1-3H3,(H,11,12,15). The van der Waals surface area contributed by atoms with E-state index in [9.17, 15) is 14.9 Å². The Morgan fingerprint density at radius 1 is 1.56 bits per heavy atom. The maximum atomic E-state index is 11.5. The number of hydrogen-bond donors (Lipinski definition) is 1. The Bertz CT molecular complexity index is 461. The summed E-state index contributed by atoms with van der Waals surface area (Å²) in [4.78, 5) is 27.1. The van der Waals surface area contributed by atoms with Gasteiger partial charge in [0.15, 0.2) is 0 Å². The molecule has 98 valence electrons. The summed E-state index contributed by atoms with van der Waals surface area (Å²) in [5.74, 6) is -0.185. The number of hydrogen-bond acceptors (Lipinski definition) is 6. The van der Waals surface area contributed by atoms with Gasteiger partial charge in [0, 0.05) is 6.07 Å². The Hall–Kier alpha value is -2.22. The lowest BCUT2D eigenvalue weighted by atomic mass is 10.4. The molecule has 0 saturated heterocycles. The Morgan fingerprint density at radius 3 is 2.72 bits per heavy atom. The average Bonchev–Trinajstić information content (AvgIpc) is 2.27. The van der Waals surface area contributed by atoms with Crippen molar-refractivity contribution in [3.05, 3.63) is 22.2 Å². The highest BCUT2D eigenvalue weighted by Gasteiger charge is 2.17. The van der Waals surface area contributed by atoms with Crippen LogP contribution in [0.2, 0.25) is 0 Å². The Morgan fingerprint density at radius 2 is 2.22 bits per heavy atom. The minimum atomic E-state index is -0.600. The highest BCUT2D eigenvalue weighted by atomic mass is 16.6. The smallest absolute Gasteiger partial charge is 0.331 e. The van der Waals surface area contributed by atoms with Crippen LogP contribution >= 0.6 is 0 Å². The van der Waals surface area contributed by atoms with Crippen LogP contribution in [0.5, 0.6) is 5.88 Å². The van der Waals surface area contributed by atoms with Crippen molar-refractivity contribution in [2.75, 3.05) is 33.1 Å². The number of nitrogens with one attached hydrogen (secondary N) is 1. The van der Waals surface area contributed by atoms with Crippen molar-refractivity contribution >= 4 is 17.4 Å². The number of anilines is 1. The van der Waals surface area contributed by atoms with Gasteiger partial charge in [0.1, 0.15) is 5.82 Å². The molecule has 0 fully saturated rings. The first-order valence-electron chi connectivity index (χ1n) is 5.08. The third-order valence-corrected chi connectivity index (χ3v) is 1.96. The molecule has 0 aliphatic heterocycles. The monoisotopic (exact) mass is 254 g/mol. The quantitative estimate of drug-likeness (QED) is 0.607. The number of pyridine rings is 1. The van der Waals surface area contributed by atoms with Gasteiger partial charge in [0.05, 0.1) is 18.6 Å². The van der Waals surface area contributed by atoms with Crippen molar-refractivity contribution in [1.82, 2.24) is 9.88 Å². The average molecular weight is 254 g/mol. The zero-order valence-corrected chi connectivity index (χ0v) is 10.3. The zero-order valence-electron chi connectivity index (χ0n) is 10.3. The van der Waals surface area contributed by atoms with Gasteiger partial charge in [-0.1, -0.05) is 0 Å².